The minimum absolute atomic E-state index is 0.00576. The Balaban J connectivity index is 1.39. The van der Waals surface area contributed by atoms with Gasteiger partial charge in [-0.25, -0.2) is 13.1 Å². The molecule has 0 aromatic heterocycles. The fourth-order valence-electron chi connectivity index (χ4n) is 7.26. The van der Waals surface area contributed by atoms with Gasteiger partial charge in [0.05, 0.1) is 17.5 Å². The number of ether oxygens (including phenoxy) is 1. The van der Waals surface area contributed by atoms with Gasteiger partial charge in [0, 0.05) is 48.6 Å². The van der Waals surface area contributed by atoms with Crippen molar-refractivity contribution in [3.8, 4) is 5.75 Å². The Morgan fingerprint density at radius 1 is 1.02 bits per heavy atom. The smallest absolute Gasteiger partial charge is 0.264 e. The number of amides is 2. The molecule has 4 aliphatic rings. The SMILES string of the molecule is CCCc1cc(Cl)ccc1[C@]1(C)COc2ccc3cc2N(C[C@@H]2CC[C@H]2CCC(=O)N2CC[C@H](C2)S(=O)(=O)NC3=O)C1. The summed E-state index contributed by atoms with van der Waals surface area (Å²) >= 11 is 6.41. The lowest BCUT2D eigenvalue weighted by Crippen LogP contribution is -2.46. The van der Waals surface area contributed by atoms with Crippen molar-refractivity contribution in [1.82, 2.24) is 9.62 Å². The normalized spacial score (nSPS) is 29.2. The largest absolute Gasteiger partial charge is 0.490 e. The van der Waals surface area contributed by atoms with Gasteiger partial charge in [0.2, 0.25) is 15.9 Å². The molecule has 2 aromatic rings. The highest BCUT2D eigenvalue weighted by molar-refractivity contribution is 7.90. The number of aryl methyl sites for hydroxylation is 1. The van der Waals surface area contributed by atoms with Gasteiger partial charge in [0.25, 0.3) is 5.91 Å². The van der Waals surface area contributed by atoms with Gasteiger partial charge in [-0.15, -0.1) is 0 Å². The van der Waals surface area contributed by atoms with E-state index < -0.39 is 21.2 Å². The number of sulfonamides is 1. The summed E-state index contributed by atoms with van der Waals surface area (Å²) in [4.78, 5) is 30.3. The predicted molar refractivity (Wildman–Crippen MR) is 164 cm³/mol. The molecule has 1 aliphatic carbocycles. The lowest BCUT2D eigenvalue weighted by atomic mass is 9.70. The fraction of sp³-hybridized carbons (Fsp3) is 0.562. The summed E-state index contributed by atoms with van der Waals surface area (Å²) in [5.41, 5.74) is 3.14. The van der Waals surface area contributed by atoms with Gasteiger partial charge in [0.1, 0.15) is 5.75 Å². The summed E-state index contributed by atoms with van der Waals surface area (Å²) in [6, 6.07) is 11.3. The van der Waals surface area contributed by atoms with Crippen molar-refractivity contribution in [3.05, 3.63) is 58.1 Å². The molecule has 1 N–H and O–H groups in total. The average Bonchev–Trinajstić information content (AvgIpc) is 3.40. The van der Waals surface area contributed by atoms with Crippen LogP contribution < -0.4 is 14.4 Å². The van der Waals surface area contributed by atoms with Crippen molar-refractivity contribution in [3.63, 3.8) is 0 Å². The van der Waals surface area contributed by atoms with Crippen molar-refractivity contribution in [2.24, 2.45) is 11.8 Å². The number of nitrogens with zero attached hydrogens (tertiary/aromatic N) is 2. The van der Waals surface area contributed by atoms with E-state index in [0.29, 0.717) is 50.1 Å². The fourth-order valence-corrected chi connectivity index (χ4v) is 8.79. The van der Waals surface area contributed by atoms with Gasteiger partial charge < -0.3 is 14.5 Å². The van der Waals surface area contributed by atoms with Gasteiger partial charge in [-0.2, -0.15) is 0 Å². The first-order valence-electron chi connectivity index (χ1n) is 15.2. The summed E-state index contributed by atoms with van der Waals surface area (Å²) in [7, 11) is -3.95. The van der Waals surface area contributed by atoms with E-state index in [0.717, 1.165) is 49.4 Å². The average molecular weight is 614 g/mol. The van der Waals surface area contributed by atoms with Gasteiger partial charge >= 0.3 is 0 Å². The third kappa shape index (κ3) is 5.62. The van der Waals surface area contributed by atoms with Crippen molar-refractivity contribution >= 4 is 39.1 Å². The number of fused-ring (bicyclic) bond motifs is 4. The molecular formula is C32H40ClN3O5S. The molecule has 1 saturated heterocycles. The molecule has 3 aliphatic heterocycles. The minimum atomic E-state index is -3.95. The first kappa shape index (κ1) is 29.3. The summed E-state index contributed by atoms with van der Waals surface area (Å²) in [6.45, 7) is 6.81. The third-order valence-corrected chi connectivity index (χ3v) is 11.8. The molecule has 2 amide bonds. The molecule has 4 bridgehead atoms. The highest BCUT2D eigenvalue weighted by Gasteiger charge is 2.41. The third-order valence-electron chi connectivity index (χ3n) is 9.82. The zero-order valence-corrected chi connectivity index (χ0v) is 26.0. The lowest BCUT2D eigenvalue weighted by Gasteiger charge is -2.43. The number of hydrogen-bond acceptors (Lipinski definition) is 6. The van der Waals surface area contributed by atoms with Crippen LogP contribution in [0.4, 0.5) is 5.69 Å². The molecule has 0 unspecified atom stereocenters. The molecule has 226 valence electrons. The summed E-state index contributed by atoms with van der Waals surface area (Å²) in [6.07, 6.45) is 5.64. The minimum Gasteiger partial charge on any atom is -0.490 e. The molecule has 42 heavy (non-hydrogen) atoms. The maximum absolute atomic E-state index is 13.3. The van der Waals surface area contributed by atoms with Crippen LogP contribution in [0.2, 0.25) is 5.02 Å². The van der Waals surface area contributed by atoms with E-state index in [1.807, 2.05) is 6.07 Å². The van der Waals surface area contributed by atoms with Crippen molar-refractivity contribution in [1.29, 1.82) is 0 Å². The highest BCUT2D eigenvalue weighted by Crippen LogP contribution is 2.44. The van der Waals surface area contributed by atoms with Crippen LogP contribution in [-0.4, -0.2) is 63.2 Å². The molecule has 8 nitrogen and oxygen atoms in total. The molecular weight excluding hydrogens is 574 g/mol. The quantitative estimate of drug-likeness (QED) is 0.527. The van der Waals surface area contributed by atoms with Gasteiger partial charge in [-0.1, -0.05) is 37.9 Å². The van der Waals surface area contributed by atoms with E-state index in [1.54, 1.807) is 23.1 Å². The Hall–Kier alpha value is -2.78. The van der Waals surface area contributed by atoms with Crippen LogP contribution in [0.5, 0.6) is 5.75 Å². The molecule has 0 spiro atoms. The Morgan fingerprint density at radius 3 is 2.60 bits per heavy atom. The number of benzene rings is 2. The number of anilines is 1. The number of rotatable bonds is 3. The van der Waals surface area contributed by atoms with E-state index in [4.69, 9.17) is 16.3 Å². The van der Waals surface area contributed by atoms with Gasteiger partial charge in [-0.05, 0) is 85.4 Å². The van der Waals surface area contributed by atoms with Crippen molar-refractivity contribution in [2.45, 2.75) is 69.5 Å². The van der Waals surface area contributed by atoms with Crippen LogP contribution >= 0.6 is 11.6 Å². The Bertz CT molecular complexity index is 1500. The second kappa shape index (κ2) is 11.4. The Kier molecular flexibility index (Phi) is 7.94. The molecule has 0 radical (unpaired) electrons. The zero-order chi connectivity index (χ0) is 29.6. The maximum atomic E-state index is 13.3. The number of carbonyl (C=O) groups is 2. The maximum Gasteiger partial charge on any atom is 0.264 e. The molecule has 2 fully saturated rings. The number of hydrogen-bond donors (Lipinski definition) is 1. The van der Waals surface area contributed by atoms with Gasteiger partial charge in [-0.3, -0.25) is 9.59 Å². The number of nitrogens with one attached hydrogen (secondary N) is 1. The summed E-state index contributed by atoms with van der Waals surface area (Å²) in [5.74, 6) is 0.881. The summed E-state index contributed by atoms with van der Waals surface area (Å²) < 4.78 is 35.1. The van der Waals surface area contributed by atoms with E-state index in [1.165, 1.54) is 11.1 Å². The van der Waals surface area contributed by atoms with Crippen molar-refractivity contribution in [2.75, 3.05) is 37.7 Å². The highest BCUT2D eigenvalue weighted by atomic mass is 35.5. The van der Waals surface area contributed by atoms with Crippen LogP contribution in [0, 0.1) is 11.8 Å². The second-order valence-electron chi connectivity index (χ2n) is 12.8. The van der Waals surface area contributed by atoms with E-state index in [-0.39, 0.29) is 23.4 Å². The van der Waals surface area contributed by atoms with E-state index in [9.17, 15) is 18.0 Å². The Morgan fingerprint density at radius 2 is 1.83 bits per heavy atom. The lowest BCUT2D eigenvalue weighted by molar-refractivity contribution is -0.130. The molecule has 3 heterocycles. The molecule has 2 aromatic carbocycles. The van der Waals surface area contributed by atoms with Crippen LogP contribution in [0.25, 0.3) is 0 Å². The summed E-state index contributed by atoms with van der Waals surface area (Å²) in [5, 5.41) is -0.0799. The van der Waals surface area contributed by atoms with Gasteiger partial charge in [0.15, 0.2) is 0 Å². The number of carbonyl (C=O) groups excluding carboxylic acids is 2. The predicted octanol–water partition coefficient (Wildman–Crippen LogP) is 4.93. The molecule has 10 heteroatoms. The monoisotopic (exact) mass is 613 g/mol. The zero-order valence-electron chi connectivity index (χ0n) is 24.4. The first-order valence-corrected chi connectivity index (χ1v) is 17.1. The first-order chi connectivity index (χ1) is 20.1. The standard InChI is InChI=1S/C32H40ClN3O5S/c1-3-4-22-15-25(33)9-10-27(22)32(2)19-36-17-24-6-5-21(24)8-12-30(37)35-14-13-26(18-35)42(39,40)34-31(38)23-7-11-29(41-20-32)28(36)16-23/h7,9-11,15-16,21,24,26H,3-6,8,12-14,17-20H2,1-2H3,(H,34,38)/t21-,24-,26+,32-/m0/s1. The van der Waals surface area contributed by atoms with E-state index in [2.05, 4.69) is 35.6 Å². The molecule has 6 rings (SSSR count). The van der Waals surface area contributed by atoms with E-state index >= 15 is 0 Å². The number of halogens is 1. The van der Waals surface area contributed by atoms with Crippen LogP contribution in [-0.2, 0) is 26.7 Å². The second-order valence-corrected chi connectivity index (χ2v) is 15.2. The topological polar surface area (TPSA) is 96.0 Å². The molecule has 1 saturated carbocycles. The van der Waals surface area contributed by atoms with Crippen LogP contribution in [0.1, 0.15) is 73.9 Å². The van der Waals surface area contributed by atoms with Crippen LogP contribution in [0.15, 0.2) is 36.4 Å². The van der Waals surface area contributed by atoms with Crippen molar-refractivity contribution < 1.29 is 22.7 Å². The molecule has 4 atom stereocenters. The van der Waals surface area contributed by atoms with Crippen LogP contribution in [0.3, 0.4) is 0 Å². The Labute approximate surface area is 253 Å².